The van der Waals surface area contributed by atoms with E-state index in [9.17, 15) is 24.3 Å². The maximum absolute atomic E-state index is 12.7. The smallest absolute Gasteiger partial charge is 0.411 e. The van der Waals surface area contributed by atoms with Crippen LogP contribution in [0.2, 0.25) is 0 Å². The molecular formula is C18H21N3O7. The number of carbonyl (C=O) groups is 4. The van der Waals surface area contributed by atoms with E-state index in [-0.39, 0.29) is 44.2 Å². The minimum atomic E-state index is -0.964. The number of carbonyl (C=O) groups excluding carboxylic acids is 4. The first-order chi connectivity index (χ1) is 13.4. The Bertz CT molecular complexity index is 810. The fourth-order valence-electron chi connectivity index (χ4n) is 3.23. The second-order valence-electron chi connectivity index (χ2n) is 6.62. The van der Waals surface area contributed by atoms with Gasteiger partial charge in [0.2, 0.25) is 11.8 Å². The Labute approximate surface area is 160 Å². The monoisotopic (exact) mass is 391 g/mol. The van der Waals surface area contributed by atoms with Gasteiger partial charge in [-0.25, -0.2) is 4.79 Å². The number of amides is 4. The fraction of sp³-hybridized carbons (Fsp3) is 0.444. The number of piperidine rings is 1. The van der Waals surface area contributed by atoms with E-state index in [1.165, 1.54) is 4.90 Å². The van der Waals surface area contributed by atoms with Crippen molar-refractivity contribution in [1.29, 1.82) is 0 Å². The van der Waals surface area contributed by atoms with Crippen LogP contribution in [-0.4, -0.2) is 64.3 Å². The summed E-state index contributed by atoms with van der Waals surface area (Å²) in [6, 6.07) is 4.09. The molecule has 1 saturated heterocycles. The highest BCUT2D eigenvalue weighted by atomic mass is 16.5. The molecule has 1 aromatic carbocycles. The van der Waals surface area contributed by atoms with Gasteiger partial charge in [-0.3, -0.25) is 25.0 Å². The zero-order valence-electron chi connectivity index (χ0n) is 15.0. The summed E-state index contributed by atoms with van der Waals surface area (Å²) in [6.45, 7) is -0.375. The molecule has 4 amide bonds. The van der Waals surface area contributed by atoms with Gasteiger partial charge in [0, 0.05) is 36.2 Å². The zero-order valence-corrected chi connectivity index (χ0v) is 15.0. The standard InChI is InChI=1S/C18H21N3O7/c22-9-10(23)6-7-28-18(27)19-13-3-1-2-11-12(13)8-21(17(11)26)14-4-5-15(24)20-16(14)25/h1-3,10,14,22-23H,4-9H2,(H,19,27)(H,20,24,25). The average Bonchev–Trinajstić information content (AvgIpc) is 2.99. The first kappa shape index (κ1) is 19.8. The lowest BCUT2D eigenvalue weighted by Gasteiger charge is -2.29. The highest BCUT2D eigenvalue weighted by Gasteiger charge is 2.39. The van der Waals surface area contributed by atoms with Gasteiger partial charge >= 0.3 is 6.09 Å². The molecule has 0 radical (unpaired) electrons. The summed E-state index contributed by atoms with van der Waals surface area (Å²) in [4.78, 5) is 49.5. The normalized spacial score (nSPS) is 19.9. The Morgan fingerprint density at radius 2 is 2.14 bits per heavy atom. The van der Waals surface area contributed by atoms with Gasteiger partial charge in [0.1, 0.15) is 6.04 Å². The summed E-state index contributed by atoms with van der Waals surface area (Å²) in [5.74, 6) is -1.21. The number of aliphatic hydroxyl groups is 2. The Morgan fingerprint density at radius 1 is 1.36 bits per heavy atom. The van der Waals surface area contributed by atoms with Crippen molar-refractivity contribution in [3.8, 4) is 0 Å². The molecule has 1 fully saturated rings. The molecule has 4 N–H and O–H groups in total. The number of fused-ring (bicyclic) bond motifs is 1. The molecule has 150 valence electrons. The van der Waals surface area contributed by atoms with Crippen molar-refractivity contribution in [2.75, 3.05) is 18.5 Å². The van der Waals surface area contributed by atoms with E-state index >= 15 is 0 Å². The first-order valence-corrected chi connectivity index (χ1v) is 8.90. The number of nitrogens with one attached hydrogen (secondary N) is 2. The van der Waals surface area contributed by atoms with E-state index in [2.05, 4.69) is 10.6 Å². The molecule has 0 spiro atoms. The van der Waals surface area contributed by atoms with Crippen LogP contribution in [0.15, 0.2) is 18.2 Å². The SMILES string of the molecule is O=C1CCC(N2Cc3c(NC(=O)OCCC(O)CO)cccc3C2=O)C(=O)N1. The Kier molecular flexibility index (Phi) is 5.90. The van der Waals surface area contributed by atoms with Gasteiger partial charge in [0.25, 0.3) is 5.91 Å². The van der Waals surface area contributed by atoms with Crippen molar-refractivity contribution in [3.05, 3.63) is 29.3 Å². The second kappa shape index (κ2) is 8.36. The molecule has 2 aliphatic heterocycles. The molecule has 2 heterocycles. The quantitative estimate of drug-likeness (QED) is 0.489. The van der Waals surface area contributed by atoms with Crippen molar-refractivity contribution >= 4 is 29.5 Å². The number of aliphatic hydroxyl groups excluding tert-OH is 2. The molecule has 10 heteroatoms. The number of rotatable bonds is 6. The van der Waals surface area contributed by atoms with Crippen LogP contribution in [0.3, 0.4) is 0 Å². The van der Waals surface area contributed by atoms with Crippen LogP contribution in [0.25, 0.3) is 0 Å². The Hall–Kier alpha value is -2.98. The minimum Gasteiger partial charge on any atom is -0.449 e. The second-order valence-corrected chi connectivity index (χ2v) is 6.62. The van der Waals surface area contributed by atoms with Gasteiger partial charge in [-0.15, -0.1) is 0 Å². The number of imide groups is 1. The molecular weight excluding hydrogens is 370 g/mol. The summed E-state index contributed by atoms with van der Waals surface area (Å²) < 4.78 is 4.96. The number of ether oxygens (including phenoxy) is 1. The molecule has 0 aromatic heterocycles. The Balaban J connectivity index is 1.67. The predicted molar refractivity (Wildman–Crippen MR) is 95.2 cm³/mol. The van der Waals surface area contributed by atoms with Crippen molar-refractivity contribution in [1.82, 2.24) is 10.2 Å². The molecule has 2 atom stereocenters. The van der Waals surface area contributed by atoms with Crippen LogP contribution in [0.1, 0.15) is 35.2 Å². The number of anilines is 1. The topological polar surface area (TPSA) is 145 Å². The molecule has 0 bridgehead atoms. The highest BCUT2D eigenvalue weighted by molar-refractivity contribution is 6.06. The highest BCUT2D eigenvalue weighted by Crippen LogP contribution is 2.32. The van der Waals surface area contributed by atoms with E-state index in [1.54, 1.807) is 18.2 Å². The third kappa shape index (κ3) is 4.12. The zero-order chi connectivity index (χ0) is 20.3. The predicted octanol–water partition coefficient (Wildman–Crippen LogP) is -0.261. The van der Waals surface area contributed by atoms with Gasteiger partial charge in [0.05, 0.1) is 19.3 Å². The molecule has 1 aromatic rings. The molecule has 2 aliphatic rings. The number of hydrogen-bond acceptors (Lipinski definition) is 7. The number of benzene rings is 1. The van der Waals surface area contributed by atoms with Gasteiger partial charge in [0.15, 0.2) is 0 Å². The molecule has 0 aliphatic carbocycles. The van der Waals surface area contributed by atoms with Gasteiger partial charge in [-0.1, -0.05) is 6.07 Å². The molecule has 0 saturated carbocycles. The van der Waals surface area contributed by atoms with E-state index in [4.69, 9.17) is 9.84 Å². The number of hydrogen-bond donors (Lipinski definition) is 4. The minimum absolute atomic E-state index is 0.0795. The van der Waals surface area contributed by atoms with Crippen LogP contribution in [0, 0.1) is 0 Å². The molecule has 10 nitrogen and oxygen atoms in total. The summed E-state index contributed by atoms with van der Waals surface area (Å²) in [7, 11) is 0. The first-order valence-electron chi connectivity index (χ1n) is 8.90. The third-order valence-electron chi connectivity index (χ3n) is 4.71. The largest absolute Gasteiger partial charge is 0.449 e. The lowest BCUT2D eigenvalue weighted by Crippen LogP contribution is -2.52. The van der Waals surface area contributed by atoms with Crippen molar-refractivity contribution in [2.24, 2.45) is 0 Å². The summed E-state index contributed by atoms with van der Waals surface area (Å²) >= 11 is 0. The van der Waals surface area contributed by atoms with Crippen LogP contribution in [0.5, 0.6) is 0 Å². The van der Waals surface area contributed by atoms with Crippen molar-refractivity contribution in [2.45, 2.75) is 38.0 Å². The lowest BCUT2D eigenvalue weighted by molar-refractivity contribution is -0.136. The summed E-state index contributed by atoms with van der Waals surface area (Å²) in [6.07, 6.45) is -1.21. The lowest BCUT2D eigenvalue weighted by atomic mass is 10.0. The van der Waals surface area contributed by atoms with Crippen LogP contribution < -0.4 is 10.6 Å². The maximum Gasteiger partial charge on any atom is 0.411 e. The molecule has 2 unspecified atom stereocenters. The van der Waals surface area contributed by atoms with E-state index < -0.39 is 30.8 Å². The van der Waals surface area contributed by atoms with Crippen molar-refractivity contribution < 1.29 is 34.1 Å². The van der Waals surface area contributed by atoms with Gasteiger partial charge < -0.3 is 19.8 Å². The number of nitrogens with zero attached hydrogens (tertiary/aromatic N) is 1. The Morgan fingerprint density at radius 3 is 2.86 bits per heavy atom. The maximum atomic E-state index is 12.7. The fourth-order valence-corrected chi connectivity index (χ4v) is 3.23. The van der Waals surface area contributed by atoms with Crippen LogP contribution in [0.4, 0.5) is 10.5 Å². The van der Waals surface area contributed by atoms with E-state index in [1.807, 2.05) is 0 Å². The van der Waals surface area contributed by atoms with E-state index in [0.29, 0.717) is 16.8 Å². The van der Waals surface area contributed by atoms with Gasteiger partial charge in [-0.05, 0) is 18.6 Å². The molecule has 3 rings (SSSR count). The third-order valence-corrected chi connectivity index (χ3v) is 4.71. The molecule has 28 heavy (non-hydrogen) atoms. The van der Waals surface area contributed by atoms with Crippen LogP contribution >= 0.6 is 0 Å². The van der Waals surface area contributed by atoms with Gasteiger partial charge in [-0.2, -0.15) is 0 Å². The van der Waals surface area contributed by atoms with Crippen LogP contribution in [-0.2, 0) is 20.9 Å². The van der Waals surface area contributed by atoms with Crippen molar-refractivity contribution in [3.63, 3.8) is 0 Å². The summed E-state index contributed by atoms with van der Waals surface area (Å²) in [5.41, 5.74) is 1.32. The van der Waals surface area contributed by atoms with E-state index in [0.717, 1.165) is 0 Å². The average molecular weight is 391 g/mol. The summed E-state index contributed by atoms with van der Waals surface area (Å²) in [5, 5.41) is 22.8.